The van der Waals surface area contributed by atoms with Gasteiger partial charge < -0.3 is 44.1 Å². The number of urea groups is 1. The van der Waals surface area contributed by atoms with Gasteiger partial charge >= 0.3 is 6.03 Å². The summed E-state index contributed by atoms with van der Waals surface area (Å²) in [6.07, 6.45) is -2.34. The van der Waals surface area contributed by atoms with Crippen LogP contribution in [0.4, 0.5) is 4.79 Å². The number of ether oxygens (including phenoxy) is 1. The average molecular weight is 327 g/mol. The minimum atomic E-state index is -4.92. The summed E-state index contributed by atoms with van der Waals surface area (Å²) in [6, 6.07) is -0.904. The van der Waals surface area contributed by atoms with E-state index in [4.69, 9.17) is 15.0 Å². The third kappa shape index (κ3) is 6.62. The molecule has 1 aliphatic heterocycles. The Labute approximate surface area is 114 Å². The number of nitrogens with one attached hydrogen (secondary N) is 1. The lowest BCUT2D eigenvalue weighted by molar-refractivity contribution is -0.308. The molecule has 2 amide bonds. The Morgan fingerprint density at radius 1 is 1.45 bits per heavy atom. The van der Waals surface area contributed by atoms with E-state index in [1.54, 1.807) is 0 Å². The number of nitrogens with two attached hydrogens (primary N) is 1. The second kappa shape index (κ2) is 6.36. The second-order valence-electron chi connectivity index (χ2n) is 4.13. The van der Waals surface area contributed by atoms with Crippen molar-refractivity contribution in [1.82, 2.24) is 5.32 Å². The number of carbonyl (C=O) groups excluding carboxylic acids is 1. The molecular weight excluding hydrogens is 314 g/mol. The summed E-state index contributed by atoms with van der Waals surface area (Å²) in [5.41, 5.74) is 4.88. The molecule has 4 unspecified atom stereocenters. The Kier molecular flexibility index (Phi) is 5.51. The normalized spacial score (nSPS) is 30.3. The first-order valence-electron chi connectivity index (χ1n) is 5.36. The molecule has 1 saturated heterocycles. The van der Waals surface area contributed by atoms with Gasteiger partial charge in [0.2, 0.25) is 0 Å². The zero-order valence-electron chi connectivity index (χ0n) is 10.3. The van der Waals surface area contributed by atoms with E-state index in [-0.39, 0.29) is 6.42 Å². The van der Waals surface area contributed by atoms with E-state index in [1.165, 1.54) is 0 Å². The van der Waals surface area contributed by atoms with Crippen LogP contribution >= 0.6 is 15.2 Å². The molecule has 3 N–H and O–H groups in total. The number of hydrogen-bond acceptors (Lipinski definition) is 8. The molecule has 20 heavy (non-hydrogen) atoms. The Hall–Kier alpha value is -0.730. The molecule has 4 atom stereocenters. The Morgan fingerprint density at radius 3 is 2.50 bits per heavy atom. The lowest BCUT2D eigenvalue weighted by Crippen LogP contribution is -2.38. The minimum Gasteiger partial charge on any atom is -0.808 e. The van der Waals surface area contributed by atoms with Gasteiger partial charge in [-0.1, -0.05) is 11.9 Å². The Bertz CT molecular complexity index is 483. The number of amides is 2. The van der Waals surface area contributed by atoms with Gasteiger partial charge in [-0.3, -0.25) is 0 Å². The molecule has 0 aliphatic carbocycles. The molecule has 0 spiro atoms. The molecule has 0 bridgehead atoms. The molecule has 0 aromatic rings. The van der Waals surface area contributed by atoms with E-state index >= 15 is 0 Å². The van der Waals surface area contributed by atoms with E-state index in [9.17, 15) is 28.6 Å². The molecule has 1 rings (SSSR count). The van der Waals surface area contributed by atoms with E-state index in [0.29, 0.717) is 5.82 Å². The second-order valence-corrected chi connectivity index (χ2v) is 7.26. The lowest BCUT2D eigenvalue weighted by atomic mass is 10.2. The maximum atomic E-state index is 11.1. The molecule has 1 fully saturated rings. The first-order valence-corrected chi connectivity index (χ1v) is 8.96. The molecule has 1 heterocycles. The molecule has 1 aliphatic rings. The number of primary amides is 1. The molecular formula is C8H13N2O8P2-3. The van der Waals surface area contributed by atoms with Crippen molar-refractivity contribution in [3.63, 3.8) is 0 Å². The van der Waals surface area contributed by atoms with Crippen LogP contribution in [0, 0.1) is 0 Å². The fourth-order valence-electron chi connectivity index (χ4n) is 1.64. The third-order valence-corrected chi connectivity index (χ3v) is 3.41. The highest BCUT2D eigenvalue weighted by Gasteiger charge is 2.36. The monoisotopic (exact) mass is 327 g/mol. The number of hydrogen-bond donors (Lipinski definition) is 2. The number of carbonyl (C=O) groups is 1. The van der Waals surface area contributed by atoms with Crippen LogP contribution < -0.4 is 25.7 Å². The smallest absolute Gasteiger partial charge is 0.314 e. The molecule has 10 nitrogen and oxygen atoms in total. The standard InChI is InChI=1S/C8H16N2O8P2/c1-19(12,13)18-6-4-7(10-8(9)11)17-5(6)2-3-20(14,15)16/h2-3,5-7H,4H2,1H3,(H,12,13)(H3,9,10,11)(H2,14,15,16)/p-3/b3-2+. The fraction of sp³-hybridized carbons (Fsp3) is 0.625. The summed E-state index contributed by atoms with van der Waals surface area (Å²) in [6.45, 7) is 0.828. The van der Waals surface area contributed by atoms with Gasteiger partial charge in [0.1, 0.15) is 19.9 Å². The van der Waals surface area contributed by atoms with Crippen molar-refractivity contribution < 1.29 is 37.9 Å². The molecule has 0 radical (unpaired) electrons. The molecule has 0 saturated carbocycles. The predicted molar refractivity (Wildman–Crippen MR) is 61.1 cm³/mol. The van der Waals surface area contributed by atoms with Gasteiger partial charge in [-0.2, -0.15) is 0 Å². The largest absolute Gasteiger partial charge is 0.808 e. The van der Waals surface area contributed by atoms with Gasteiger partial charge in [-0.05, 0) is 7.60 Å². The third-order valence-electron chi connectivity index (χ3n) is 2.22. The van der Waals surface area contributed by atoms with Gasteiger partial charge in [0.15, 0.2) is 0 Å². The van der Waals surface area contributed by atoms with Crippen LogP contribution in [-0.4, -0.2) is 31.1 Å². The summed E-state index contributed by atoms with van der Waals surface area (Å²) < 4.78 is 31.5. The molecule has 0 aromatic heterocycles. The predicted octanol–water partition coefficient (Wildman–Crippen LogP) is -2.23. The van der Waals surface area contributed by atoms with Crippen molar-refractivity contribution in [3.8, 4) is 0 Å². The van der Waals surface area contributed by atoms with Crippen molar-refractivity contribution in [2.45, 2.75) is 24.9 Å². The van der Waals surface area contributed by atoms with Crippen LogP contribution in [0.3, 0.4) is 0 Å². The Balaban J connectivity index is 2.81. The van der Waals surface area contributed by atoms with E-state index < -0.39 is 39.7 Å². The van der Waals surface area contributed by atoms with Crippen LogP contribution in [0.15, 0.2) is 11.9 Å². The first kappa shape index (κ1) is 17.3. The maximum Gasteiger partial charge on any atom is 0.314 e. The van der Waals surface area contributed by atoms with Crippen LogP contribution in [0.5, 0.6) is 0 Å². The summed E-state index contributed by atoms with van der Waals surface area (Å²) in [5.74, 6) is 0.353. The molecule has 0 aromatic carbocycles. The fourth-order valence-corrected chi connectivity index (χ4v) is 2.72. The summed E-state index contributed by atoms with van der Waals surface area (Å²) in [5, 5.41) is 2.17. The Morgan fingerprint density at radius 2 is 2.05 bits per heavy atom. The van der Waals surface area contributed by atoms with Gasteiger partial charge in [0, 0.05) is 13.1 Å². The van der Waals surface area contributed by atoms with Gasteiger partial charge in [0.25, 0.3) is 0 Å². The highest BCUT2D eigenvalue weighted by atomic mass is 31.2. The summed E-state index contributed by atoms with van der Waals surface area (Å²) >= 11 is 0. The van der Waals surface area contributed by atoms with Crippen molar-refractivity contribution in [2.75, 3.05) is 6.66 Å². The highest BCUT2D eigenvalue weighted by molar-refractivity contribution is 7.52. The average Bonchev–Trinajstić information content (AvgIpc) is 2.52. The van der Waals surface area contributed by atoms with Crippen molar-refractivity contribution in [1.29, 1.82) is 0 Å². The van der Waals surface area contributed by atoms with E-state index in [2.05, 4.69) is 5.32 Å². The van der Waals surface area contributed by atoms with Crippen molar-refractivity contribution >= 4 is 21.2 Å². The van der Waals surface area contributed by atoms with Gasteiger partial charge in [-0.25, -0.2) is 4.79 Å². The summed E-state index contributed by atoms with van der Waals surface area (Å²) in [7, 11) is -9.03. The van der Waals surface area contributed by atoms with Crippen molar-refractivity contribution in [3.05, 3.63) is 11.9 Å². The molecule has 12 heteroatoms. The SMILES string of the molecule is CP(=O)([O-])OC1CC(NC(N)=O)OC1/C=C/P(=O)([O-])[O-]. The van der Waals surface area contributed by atoms with Crippen LogP contribution in [0.25, 0.3) is 0 Å². The maximum absolute atomic E-state index is 11.1. The van der Waals surface area contributed by atoms with Gasteiger partial charge in [-0.15, -0.1) is 0 Å². The van der Waals surface area contributed by atoms with E-state index in [1.807, 2.05) is 0 Å². The highest BCUT2D eigenvalue weighted by Crippen LogP contribution is 2.39. The molecule has 116 valence electrons. The zero-order valence-corrected chi connectivity index (χ0v) is 12.1. The lowest BCUT2D eigenvalue weighted by Gasteiger charge is -2.27. The number of rotatable bonds is 5. The van der Waals surface area contributed by atoms with Crippen LogP contribution in [0.1, 0.15) is 6.42 Å². The van der Waals surface area contributed by atoms with Crippen LogP contribution in [0.2, 0.25) is 0 Å². The van der Waals surface area contributed by atoms with Crippen LogP contribution in [-0.2, 0) is 18.4 Å². The van der Waals surface area contributed by atoms with E-state index in [0.717, 1.165) is 12.7 Å². The first-order chi connectivity index (χ1) is 8.96. The topological polar surface area (TPSA) is 177 Å². The zero-order chi connectivity index (χ0) is 15.6. The van der Waals surface area contributed by atoms with Crippen molar-refractivity contribution in [2.24, 2.45) is 5.73 Å². The summed E-state index contributed by atoms with van der Waals surface area (Å²) in [4.78, 5) is 42.8. The quantitative estimate of drug-likeness (QED) is 0.532. The van der Waals surface area contributed by atoms with Gasteiger partial charge in [0.05, 0.1) is 6.10 Å². The minimum absolute atomic E-state index is 0.0694.